The number of unbranched alkanes of at least 4 members (excludes halogenated alkanes) is 1. The molecule has 0 spiro atoms. The highest BCUT2D eigenvalue weighted by atomic mass is 35.5. The third kappa shape index (κ3) is 2.88. The smallest absolute Gasteiger partial charge is 0.0498 e. The highest BCUT2D eigenvalue weighted by Gasteiger charge is 2.08. The van der Waals surface area contributed by atoms with Crippen molar-refractivity contribution in [2.24, 2.45) is 5.73 Å². The molecule has 2 N–H and O–H groups in total. The Hall–Kier alpha value is -0.990. The largest absolute Gasteiger partial charge is 0.347 e. The molecule has 2 nitrogen and oxygen atoms in total. The summed E-state index contributed by atoms with van der Waals surface area (Å²) >= 11 is 6.10. The number of rotatable bonds is 6. The minimum atomic E-state index is 0.727. The van der Waals surface area contributed by atoms with Gasteiger partial charge in [0.1, 0.15) is 0 Å². The van der Waals surface area contributed by atoms with E-state index in [2.05, 4.69) is 29.8 Å². The maximum Gasteiger partial charge on any atom is 0.0498 e. The fraction of sp³-hybridized carbons (Fsp3) is 0.467. The van der Waals surface area contributed by atoms with E-state index in [9.17, 15) is 0 Å². The molecule has 1 aromatic carbocycles. The minimum absolute atomic E-state index is 0.727. The van der Waals surface area contributed by atoms with E-state index in [1.165, 1.54) is 29.3 Å². The zero-order valence-corrected chi connectivity index (χ0v) is 11.7. The number of benzene rings is 1. The van der Waals surface area contributed by atoms with Gasteiger partial charge < -0.3 is 10.3 Å². The van der Waals surface area contributed by atoms with Gasteiger partial charge in [0.05, 0.1) is 0 Å². The first kappa shape index (κ1) is 13.4. The molecule has 0 aliphatic rings. The van der Waals surface area contributed by atoms with E-state index in [4.69, 9.17) is 17.3 Å². The highest BCUT2D eigenvalue weighted by Crippen LogP contribution is 2.26. The molecule has 0 bridgehead atoms. The molecule has 0 saturated carbocycles. The fourth-order valence-electron chi connectivity index (χ4n) is 2.35. The molecule has 0 unspecified atom stereocenters. The predicted molar refractivity (Wildman–Crippen MR) is 79.2 cm³/mol. The van der Waals surface area contributed by atoms with Crippen molar-refractivity contribution >= 4 is 22.5 Å². The lowest BCUT2D eigenvalue weighted by atomic mass is 10.1. The number of nitrogens with zero attached hydrogens (tertiary/aromatic N) is 1. The lowest BCUT2D eigenvalue weighted by molar-refractivity contribution is 0.667. The summed E-state index contributed by atoms with van der Waals surface area (Å²) in [6.07, 6.45) is 6.88. The number of nitrogens with two attached hydrogens (primary N) is 1. The summed E-state index contributed by atoms with van der Waals surface area (Å²) in [6, 6.07) is 6.18. The van der Waals surface area contributed by atoms with Crippen LogP contribution in [0.3, 0.4) is 0 Å². The molecule has 0 aliphatic heterocycles. The van der Waals surface area contributed by atoms with E-state index in [0.29, 0.717) is 0 Å². The summed E-state index contributed by atoms with van der Waals surface area (Å²) in [5.74, 6) is 0. The van der Waals surface area contributed by atoms with Crippen LogP contribution in [0, 0.1) is 0 Å². The summed E-state index contributed by atoms with van der Waals surface area (Å²) in [6.45, 7) is 3.93. The zero-order chi connectivity index (χ0) is 13.0. The predicted octanol–water partition coefficient (Wildman–Crippen LogP) is 3.99. The van der Waals surface area contributed by atoms with Crippen LogP contribution in [-0.2, 0) is 13.0 Å². The Balaban J connectivity index is 2.39. The van der Waals surface area contributed by atoms with Crippen LogP contribution in [0.2, 0.25) is 5.02 Å². The van der Waals surface area contributed by atoms with Crippen molar-refractivity contribution < 1.29 is 0 Å². The molecule has 2 aromatic rings. The van der Waals surface area contributed by atoms with Crippen LogP contribution in [0.1, 0.15) is 31.7 Å². The van der Waals surface area contributed by atoms with E-state index in [1.807, 2.05) is 6.07 Å². The normalized spacial score (nSPS) is 11.3. The van der Waals surface area contributed by atoms with Crippen LogP contribution in [0.5, 0.6) is 0 Å². The number of hydrogen-bond donors (Lipinski definition) is 1. The van der Waals surface area contributed by atoms with Crippen molar-refractivity contribution in [3.63, 3.8) is 0 Å². The number of fused-ring (bicyclic) bond motifs is 1. The Labute approximate surface area is 114 Å². The molecule has 18 heavy (non-hydrogen) atoms. The Morgan fingerprint density at radius 2 is 2.11 bits per heavy atom. The lowest BCUT2D eigenvalue weighted by Gasteiger charge is -2.03. The van der Waals surface area contributed by atoms with Gasteiger partial charge in [0.25, 0.3) is 0 Å². The molecule has 0 aliphatic carbocycles. The maximum absolute atomic E-state index is 6.10. The van der Waals surface area contributed by atoms with Gasteiger partial charge in [-0.2, -0.15) is 0 Å². The molecule has 3 heteroatoms. The van der Waals surface area contributed by atoms with Gasteiger partial charge in [-0.25, -0.2) is 0 Å². The second-order valence-corrected chi connectivity index (χ2v) is 5.19. The first-order valence-corrected chi connectivity index (χ1v) is 7.11. The molecule has 1 heterocycles. The SMILES string of the molecule is CCCCc1cn(CCCN)c2cc(Cl)ccc12. The third-order valence-electron chi connectivity index (χ3n) is 3.33. The summed E-state index contributed by atoms with van der Waals surface area (Å²) in [5.41, 5.74) is 8.27. The quantitative estimate of drug-likeness (QED) is 0.840. The highest BCUT2D eigenvalue weighted by molar-refractivity contribution is 6.31. The average molecular weight is 265 g/mol. The monoisotopic (exact) mass is 264 g/mol. The van der Waals surface area contributed by atoms with Crippen LogP contribution >= 0.6 is 11.6 Å². The number of hydrogen-bond acceptors (Lipinski definition) is 1. The van der Waals surface area contributed by atoms with Crippen LogP contribution in [0.25, 0.3) is 10.9 Å². The lowest BCUT2D eigenvalue weighted by Crippen LogP contribution is -2.04. The Kier molecular flexibility index (Phi) is 4.67. The third-order valence-corrected chi connectivity index (χ3v) is 3.56. The molecule has 0 radical (unpaired) electrons. The van der Waals surface area contributed by atoms with E-state index in [1.54, 1.807) is 0 Å². The summed E-state index contributed by atoms with van der Waals surface area (Å²) in [4.78, 5) is 0. The number of aromatic nitrogens is 1. The molecular weight excluding hydrogens is 244 g/mol. The van der Waals surface area contributed by atoms with Crippen molar-refractivity contribution in [1.82, 2.24) is 4.57 Å². The van der Waals surface area contributed by atoms with E-state index >= 15 is 0 Å². The summed E-state index contributed by atoms with van der Waals surface area (Å²) in [5, 5.41) is 2.14. The average Bonchev–Trinajstić information content (AvgIpc) is 2.71. The molecule has 0 atom stereocenters. The van der Waals surface area contributed by atoms with Gasteiger partial charge in [0.15, 0.2) is 0 Å². The standard InChI is InChI=1S/C15H21ClN2/c1-2-3-5-12-11-18(9-4-8-17)15-10-13(16)6-7-14(12)15/h6-7,10-11H,2-5,8-9,17H2,1H3. The van der Waals surface area contributed by atoms with Crippen LogP contribution in [-0.4, -0.2) is 11.1 Å². The Bertz CT molecular complexity index is 516. The summed E-state index contributed by atoms with van der Waals surface area (Å²) in [7, 11) is 0. The van der Waals surface area contributed by atoms with Gasteiger partial charge in [-0.15, -0.1) is 0 Å². The fourth-order valence-corrected chi connectivity index (χ4v) is 2.52. The molecule has 1 aromatic heterocycles. The van der Waals surface area contributed by atoms with Gasteiger partial charge >= 0.3 is 0 Å². The Morgan fingerprint density at radius 3 is 2.83 bits per heavy atom. The van der Waals surface area contributed by atoms with Gasteiger partial charge in [-0.05, 0) is 43.5 Å². The van der Waals surface area contributed by atoms with Crippen LogP contribution in [0.15, 0.2) is 24.4 Å². The van der Waals surface area contributed by atoms with Crippen LogP contribution in [0.4, 0.5) is 0 Å². The molecule has 0 saturated heterocycles. The first-order chi connectivity index (χ1) is 8.76. The molecule has 98 valence electrons. The maximum atomic E-state index is 6.10. The molecular formula is C15H21ClN2. The van der Waals surface area contributed by atoms with Crippen LogP contribution < -0.4 is 5.73 Å². The molecule has 2 rings (SSSR count). The van der Waals surface area contributed by atoms with Gasteiger partial charge in [0.2, 0.25) is 0 Å². The van der Waals surface area contributed by atoms with Gasteiger partial charge in [0, 0.05) is 28.7 Å². The van der Waals surface area contributed by atoms with Crippen molar-refractivity contribution in [2.45, 2.75) is 39.2 Å². The van der Waals surface area contributed by atoms with Crippen molar-refractivity contribution in [3.8, 4) is 0 Å². The minimum Gasteiger partial charge on any atom is -0.347 e. The number of aryl methyl sites for hydroxylation is 2. The second kappa shape index (κ2) is 6.26. The second-order valence-electron chi connectivity index (χ2n) is 4.75. The molecule has 0 amide bonds. The van der Waals surface area contributed by atoms with E-state index < -0.39 is 0 Å². The zero-order valence-electron chi connectivity index (χ0n) is 11.0. The van der Waals surface area contributed by atoms with Crippen molar-refractivity contribution in [1.29, 1.82) is 0 Å². The van der Waals surface area contributed by atoms with Gasteiger partial charge in [-0.1, -0.05) is 31.0 Å². The first-order valence-electron chi connectivity index (χ1n) is 6.73. The topological polar surface area (TPSA) is 30.9 Å². The Morgan fingerprint density at radius 1 is 1.28 bits per heavy atom. The van der Waals surface area contributed by atoms with Crippen molar-refractivity contribution in [3.05, 3.63) is 35.0 Å². The summed E-state index contributed by atoms with van der Waals surface area (Å²) < 4.78 is 2.29. The molecule has 0 fully saturated rings. The van der Waals surface area contributed by atoms with E-state index in [-0.39, 0.29) is 0 Å². The van der Waals surface area contributed by atoms with Crippen molar-refractivity contribution in [2.75, 3.05) is 6.54 Å². The number of halogens is 1. The van der Waals surface area contributed by atoms with Gasteiger partial charge in [-0.3, -0.25) is 0 Å². The van der Waals surface area contributed by atoms with E-state index in [0.717, 1.165) is 31.0 Å².